The molecule has 1 aliphatic rings. The highest BCUT2D eigenvalue weighted by atomic mass is 16.5. The van der Waals surface area contributed by atoms with E-state index in [1.165, 1.54) is 0 Å². The maximum Gasteiger partial charge on any atom is 0.236 e. The number of anilines is 1. The van der Waals surface area contributed by atoms with Crippen LogP contribution in [0.15, 0.2) is 0 Å². The van der Waals surface area contributed by atoms with Gasteiger partial charge in [-0.1, -0.05) is 0 Å². The topological polar surface area (TPSA) is 62.3 Å². The summed E-state index contributed by atoms with van der Waals surface area (Å²) in [6.07, 6.45) is 2.05. The van der Waals surface area contributed by atoms with E-state index in [0.717, 1.165) is 31.7 Å². The predicted molar refractivity (Wildman–Crippen MR) is 56.8 cm³/mol. The van der Waals surface area contributed by atoms with Gasteiger partial charge in [0.1, 0.15) is 11.8 Å². The van der Waals surface area contributed by atoms with Crippen molar-refractivity contribution >= 4 is 5.69 Å². The lowest BCUT2D eigenvalue weighted by atomic mass is 10.1. The van der Waals surface area contributed by atoms with Gasteiger partial charge >= 0.3 is 0 Å². The summed E-state index contributed by atoms with van der Waals surface area (Å²) < 4.78 is 12.8. The predicted octanol–water partition coefficient (Wildman–Crippen LogP) is 0.869. The molecule has 1 aromatic heterocycles. The molecule has 1 fully saturated rings. The van der Waals surface area contributed by atoms with Crippen LogP contribution in [0.3, 0.4) is 0 Å². The first-order valence-electron chi connectivity index (χ1n) is 5.22. The van der Waals surface area contributed by atoms with E-state index in [4.69, 9.17) is 15.2 Å². The molecule has 2 N–H and O–H groups in total. The smallest absolute Gasteiger partial charge is 0.236 e. The Balaban J connectivity index is 2.09. The molecule has 0 saturated carbocycles. The van der Waals surface area contributed by atoms with Crippen LogP contribution in [0.4, 0.5) is 5.69 Å². The quantitative estimate of drug-likeness (QED) is 0.788. The van der Waals surface area contributed by atoms with Crippen LogP contribution < -0.4 is 10.5 Å². The molecule has 1 aromatic rings. The number of nitrogens with two attached hydrogens (primary N) is 1. The summed E-state index contributed by atoms with van der Waals surface area (Å²) in [4.78, 5) is 0. The molecule has 5 heteroatoms. The van der Waals surface area contributed by atoms with Gasteiger partial charge in [-0.25, -0.2) is 4.68 Å². The van der Waals surface area contributed by atoms with E-state index in [1.807, 2.05) is 14.0 Å². The third-order valence-electron chi connectivity index (χ3n) is 2.66. The number of hydrogen-bond donors (Lipinski definition) is 1. The molecule has 1 saturated heterocycles. The van der Waals surface area contributed by atoms with E-state index in [9.17, 15) is 0 Å². The molecule has 0 unspecified atom stereocenters. The fraction of sp³-hybridized carbons (Fsp3) is 0.700. The van der Waals surface area contributed by atoms with Crippen LogP contribution in [-0.2, 0) is 11.8 Å². The van der Waals surface area contributed by atoms with Gasteiger partial charge in [-0.15, -0.1) is 0 Å². The summed E-state index contributed by atoms with van der Waals surface area (Å²) in [5.74, 6) is 0.680. The zero-order valence-electron chi connectivity index (χ0n) is 9.19. The number of nitrogens with zero attached hydrogens (tertiary/aromatic N) is 2. The Bertz CT molecular complexity index is 343. The lowest BCUT2D eigenvalue weighted by molar-refractivity contribution is 0.0224. The van der Waals surface area contributed by atoms with Gasteiger partial charge in [-0.3, -0.25) is 0 Å². The third-order valence-corrected chi connectivity index (χ3v) is 2.66. The molecule has 0 atom stereocenters. The molecule has 0 amide bonds. The van der Waals surface area contributed by atoms with Gasteiger partial charge in [0.2, 0.25) is 5.88 Å². The van der Waals surface area contributed by atoms with Crippen LogP contribution in [0.1, 0.15) is 18.5 Å². The largest absolute Gasteiger partial charge is 0.473 e. The van der Waals surface area contributed by atoms with Gasteiger partial charge in [-0.05, 0) is 6.92 Å². The molecule has 5 nitrogen and oxygen atoms in total. The lowest BCUT2D eigenvalue weighted by Gasteiger charge is -2.23. The highest BCUT2D eigenvalue weighted by Crippen LogP contribution is 2.26. The van der Waals surface area contributed by atoms with Crippen molar-refractivity contribution in [1.82, 2.24) is 9.78 Å². The summed E-state index contributed by atoms with van der Waals surface area (Å²) in [6, 6.07) is 0. The highest BCUT2D eigenvalue weighted by molar-refractivity contribution is 5.52. The van der Waals surface area contributed by atoms with Crippen LogP contribution in [0.25, 0.3) is 0 Å². The molecule has 2 rings (SSSR count). The molecule has 15 heavy (non-hydrogen) atoms. The lowest BCUT2D eigenvalue weighted by Crippen LogP contribution is -2.26. The monoisotopic (exact) mass is 211 g/mol. The van der Waals surface area contributed by atoms with Gasteiger partial charge < -0.3 is 15.2 Å². The SMILES string of the molecule is Cc1nn(C)c(OC2CCOCC2)c1N. The summed E-state index contributed by atoms with van der Waals surface area (Å²) in [5, 5.41) is 4.21. The molecular formula is C10H17N3O2. The summed E-state index contributed by atoms with van der Waals surface area (Å²) in [5.41, 5.74) is 7.34. The van der Waals surface area contributed by atoms with Crippen molar-refractivity contribution in [3.8, 4) is 5.88 Å². The van der Waals surface area contributed by atoms with E-state index in [1.54, 1.807) is 4.68 Å². The Kier molecular flexibility index (Phi) is 2.81. The second-order valence-electron chi connectivity index (χ2n) is 3.86. The number of ether oxygens (including phenoxy) is 2. The first-order valence-corrected chi connectivity index (χ1v) is 5.22. The van der Waals surface area contributed by atoms with Crippen molar-refractivity contribution in [2.45, 2.75) is 25.9 Å². The van der Waals surface area contributed by atoms with Gasteiger partial charge in [-0.2, -0.15) is 5.10 Å². The Morgan fingerprint density at radius 1 is 1.47 bits per heavy atom. The summed E-state index contributed by atoms with van der Waals surface area (Å²) in [6.45, 7) is 3.41. The fourth-order valence-electron chi connectivity index (χ4n) is 1.74. The van der Waals surface area contributed by atoms with Crippen LogP contribution in [0, 0.1) is 6.92 Å². The Morgan fingerprint density at radius 3 is 2.67 bits per heavy atom. The van der Waals surface area contributed by atoms with Crippen LogP contribution in [0.2, 0.25) is 0 Å². The minimum atomic E-state index is 0.204. The molecular weight excluding hydrogens is 194 g/mol. The van der Waals surface area contributed by atoms with Crippen molar-refractivity contribution in [1.29, 1.82) is 0 Å². The number of hydrogen-bond acceptors (Lipinski definition) is 4. The molecule has 0 spiro atoms. The van der Waals surface area contributed by atoms with Crippen molar-refractivity contribution in [3.63, 3.8) is 0 Å². The highest BCUT2D eigenvalue weighted by Gasteiger charge is 2.19. The van der Waals surface area contributed by atoms with E-state index in [2.05, 4.69) is 5.10 Å². The zero-order valence-corrected chi connectivity index (χ0v) is 9.19. The van der Waals surface area contributed by atoms with Gasteiger partial charge in [0, 0.05) is 19.9 Å². The van der Waals surface area contributed by atoms with E-state index >= 15 is 0 Å². The first-order chi connectivity index (χ1) is 7.18. The minimum Gasteiger partial charge on any atom is -0.473 e. The molecule has 1 aliphatic heterocycles. The Labute approximate surface area is 89.2 Å². The summed E-state index contributed by atoms with van der Waals surface area (Å²) in [7, 11) is 1.85. The van der Waals surface area contributed by atoms with Crippen LogP contribution in [-0.4, -0.2) is 29.1 Å². The number of nitrogen functional groups attached to an aromatic ring is 1. The molecule has 0 radical (unpaired) electrons. The molecule has 0 aliphatic carbocycles. The van der Waals surface area contributed by atoms with Crippen molar-refractivity contribution in [3.05, 3.63) is 5.69 Å². The van der Waals surface area contributed by atoms with Gasteiger partial charge in [0.15, 0.2) is 0 Å². The molecule has 0 aromatic carbocycles. The maximum absolute atomic E-state index is 5.88. The summed E-state index contributed by atoms with van der Waals surface area (Å²) >= 11 is 0. The minimum absolute atomic E-state index is 0.204. The zero-order chi connectivity index (χ0) is 10.8. The Hall–Kier alpha value is -1.23. The molecule has 84 valence electrons. The average Bonchev–Trinajstić information content (AvgIpc) is 2.47. The number of aryl methyl sites for hydroxylation is 2. The third kappa shape index (κ3) is 2.07. The standard InChI is InChI=1S/C10H17N3O2/c1-7-9(11)10(13(2)12-7)15-8-3-5-14-6-4-8/h8H,3-6,11H2,1-2H3. The number of aromatic nitrogens is 2. The van der Waals surface area contributed by atoms with E-state index in [-0.39, 0.29) is 6.10 Å². The van der Waals surface area contributed by atoms with Gasteiger partial charge in [0.25, 0.3) is 0 Å². The first kappa shape index (κ1) is 10.3. The second-order valence-corrected chi connectivity index (χ2v) is 3.86. The normalized spacial score (nSPS) is 18.0. The van der Waals surface area contributed by atoms with Crippen LogP contribution in [0.5, 0.6) is 5.88 Å². The van der Waals surface area contributed by atoms with E-state index in [0.29, 0.717) is 11.6 Å². The van der Waals surface area contributed by atoms with Crippen molar-refractivity contribution in [2.24, 2.45) is 7.05 Å². The fourth-order valence-corrected chi connectivity index (χ4v) is 1.74. The maximum atomic E-state index is 5.88. The van der Waals surface area contributed by atoms with E-state index < -0.39 is 0 Å². The molecule has 0 bridgehead atoms. The Morgan fingerprint density at radius 2 is 2.13 bits per heavy atom. The second kappa shape index (κ2) is 4.10. The van der Waals surface area contributed by atoms with Gasteiger partial charge in [0.05, 0.1) is 18.9 Å². The average molecular weight is 211 g/mol. The van der Waals surface area contributed by atoms with Crippen molar-refractivity contribution < 1.29 is 9.47 Å². The molecule has 2 heterocycles. The van der Waals surface area contributed by atoms with Crippen LogP contribution >= 0.6 is 0 Å². The van der Waals surface area contributed by atoms with Crippen molar-refractivity contribution in [2.75, 3.05) is 18.9 Å². The number of rotatable bonds is 2.